The summed E-state index contributed by atoms with van der Waals surface area (Å²) in [4.78, 5) is 23.0. The van der Waals surface area contributed by atoms with E-state index in [9.17, 15) is 9.59 Å². The van der Waals surface area contributed by atoms with Gasteiger partial charge in [-0.2, -0.15) is 0 Å². The van der Waals surface area contributed by atoms with Gasteiger partial charge in [0.15, 0.2) is 0 Å². The summed E-state index contributed by atoms with van der Waals surface area (Å²) in [5.41, 5.74) is 0.443. The van der Waals surface area contributed by atoms with Crippen molar-refractivity contribution in [1.82, 2.24) is 10.6 Å². The molecule has 0 saturated heterocycles. The molecule has 0 aliphatic heterocycles. The Labute approximate surface area is 121 Å². The van der Waals surface area contributed by atoms with E-state index in [1.54, 1.807) is 0 Å². The van der Waals surface area contributed by atoms with E-state index in [4.69, 9.17) is 0 Å². The molecule has 104 valence electrons. The van der Waals surface area contributed by atoms with Crippen molar-refractivity contribution in [3.05, 3.63) is 28.7 Å². The van der Waals surface area contributed by atoms with Gasteiger partial charge in [0.25, 0.3) is 0 Å². The average molecular weight is 328 g/mol. The summed E-state index contributed by atoms with van der Waals surface area (Å²) in [6.07, 6.45) is 0. The van der Waals surface area contributed by atoms with E-state index >= 15 is 0 Å². The number of amides is 3. The maximum absolute atomic E-state index is 11.5. The van der Waals surface area contributed by atoms with Crippen LogP contribution in [0.5, 0.6) is 0 Å². The summed E-state index contributed by atoms with van der Waals surface area (Å²) < 4.78 is 0.965. The number of hydrogen-bond donors (Lipinski definition) is 3. The number of carbonyl (C=O) groups is 2. The maximum atomic E-state index is 11.5. The van der Waals surface area contributed by atoms with Crippen LogP contribution < -0.4 is 16.0 Å². The lowest BCUT2D eigenvalue weighted by Crippen LogP contribution is -2.49. The molecular formula is C13H18BrN3O2. The van der Waals surface area contributed by atoms with Crippen LogP contribution in [0, 0.1) is 0 Å². The third kappa shape index (κ3) is 6.81. The van der Waals surface area contributed by atoms with E-state index in [0.29, 0.717) is 0 Å². The molecule has 0 aliphatic rings. The summed E-state index contributed by atoms with van der Waals surface area (Å²) in [5, 5.41) is 7.84. The molecule has 19 heavy (non-hydrogen) atoms. The van der Waals surface area contributed by atoms with Gasteiger partial charge >= 0.3 is 6.03 Å². The van der Waals surface area contributed by atoms with Crippen molar-refractivity contribution < 1.29 is 9.59 Å². The zero-order chi connectivity index (χ0) is 14.5. The fourth-order valence-corrected chi connectivity index (χ4v) is 1.56. The molecule has 6 heteroatoms. The minimum Gasteiger partial charge on any atom is -0.376 e. The fraction of sp³-hybridized carbons (Fsp3) is 0.385. The number of imide groups is 1. The molecule has 0 aliphatic carbocycles. The van der Waals surface area contributed by atoms with Crippen LogP contribution in [-0.4, -0.2) is 24.0 Å². The fourth-order valence-electron chi connectivity index (χ4n) is 1.29. The highest BCUT2D eigenvalue weighted by Gasteiger charge is 2.15. The van der Waals surface area contributed by atoms with E-state index in [1.807, 2.05) is 45.0 Å². The number of nitrogens with one attached hydrogen (secondary N) is 3. The smallest absolute Gasteiger partial charge is 0.321 e. The first-order valence-corrected chi connectivity index (χ1v) is 6.67. The molecule has 0 radical (unpaired) electrons. The van der Waals surface area contributed by atoms with Gasteiger partial charge in [0.05, 0.1) is 6.54 Å². The highest BCUT2D eigenvalue weighted by molar-refractivity contribution is 9.10. The predicted molar refractivity (Wildman–Crippen MR) is 79.1 cm³/mol. The highest BCUT2D eigenvalue weighted by Crippen LogP contribution is 2.13. The molecule has 3 amide bonds. The second-order valence-corrected chi connectivity index (χ2v) is 6.03. The van der Waals surface area contributed by atoms with Crippen molar-refractivity contribution in [2.24, 2.45) is 0 Å². The quantitative estimate of drug-likeness (QED) is 0.798. The number of carbonyl (C=O) groups excluding carboxylic acids is 2. The molecule has 1 aromatic carbocycles. The van der Waals surface area contributed by atoms with E-state index < -0.39 is 6.03 Å². The van der Waals surface area contributed by atoms with Crippen molar-refractivity contribution in [3.8, 4) is 0 Å². The van der Waals surface area contributed by atoms with Gasteiger partial charge in [-0.05, 0) is 45.0 Å². The van der Waals surface area contributed by atoms with Gasteiger partial charge in [-0.1, -0.05) is 15.9 Å². The lowest BCUT2D eigenvalue weighted by molar-refractivity contribution is -0.118. The first-order chi connectivity index (χ1) is 8.76. The van der Waals surface area contributed by atoms with E-state index in [1.165, 1.54) is 0 Å². The van der Waals surface area contributed by atoms with Gasteiger partial charge in [-0.25, -0.2) is 4.79 Å². The van der Waals surface area contributed by atoms with Gasteiger partial charge in [-0.3, -0.25) is 10.1 Å². The van der Waals surface area contributed by atoms with Crippen LogP contribution in [0.1, 0.15) is 20.8 Å². The third-order valence-corrected chi connectivity index (χ3v) is 2.57. The molecule has 1 aromatic rings. The first-order valence-electron chi connectivity index (χ1n) is 5.88. The van der Waals surface area contributed by atoms with E-state index in [-0.39, 0.29) is 18.0 Å². The number of halogens is 1. The normalized spacial score (nSPS) is 10.7. The Bertz CT molecular complexity index is 452. The number of benzene rings is 1. The minimum atomic E-state index is -0.491. The first kappa shape index (κ1) is 15.5. The SMILES string of the molecule is CC(C)(C)NC(=O)NC(=O)CNc1ccc(Br)cc1. The summed E-state index contributed by atoms with van der Waals surface area (Å²) in [5.74, 6) is -0.385. The van der Waals surface area contributed by atoms with Crippen LogP contribution in [0.25, 0.3) is 0 Å². The second-order valence-electron chi connectivity index (χ2n) is 5.11. The Hall–Kier alpha value is -1.56. The van der Waals surface area contributed by atoms with E-state index in [0.717, 1.165) is 10.2 Å². The Balaban J connectivity index is 2.36. The van der Waals surface area contributed by atoms with Crippen molar-refractivity contribution >= 4 is 33.6 Å². The largest absolute Gasteiger partial charge is 0.376 e. The summed E-state index contributed by atoms with van der Waals surface area (Å²) in [7, 11) is 0. The van der Waals surface area contributed by atoms with Crippen molar-refractivity contribution in [1.29, 1.82) is 0 Å². The lowest BCUT2D eigenvalue weighted by Gasteiger charge is -2.20. The number of hydrogen-bond acceptors (Lipinski definition) is 3. The zero-order valence-corrected chi connectivity index (χ0v) is 12.8. The summed E-state index contributed by atoms with van der Waals surface area (Å²) >= 11 is 3.33. The zero-order valence-electron chi connectivity index (χ0n) is 11.2. The summed E-state index contributed by atoms with van der Waals surface area (Å²) in [6, 6.07) is 6.92. The van der Waals surface area contributed by atoms with Crippen LogP contribution in [0.4, 0.5) is 10.5 Å². The van der Waals surface area contributed by atoms with Crippen molar-refractivity contribution in [2.75, 3.05) is 11.9 Å². The Morgan fingerprint density at radius 1 is 1.16 bits per heavy atom. The third-order valence-electron chi connectivity index (χ3n) is 2.04. The Morgan fingerprint density at radius 3 is 2.26 bits per heavy atom. The van der Waals surface area contributed by atoms with Crippen LogP contribution in [0.15, 0.2) is 28.7 Å². The van der Waals surface area contributed by atoms with Crippen molar-refractivity contribution in [2.45, 2.75) is 26.3 Å². The van der Waals surface area contributed by atoms with Crippen molar-refractivity contribution in [3.63, 3.8) is 0 Å². The lowest BCUT2D eigenvalue weighted by atomic mass is 10.1. The average Bonchev–Trinajstić information content (AvgIpc) is 2.25. The highest BCUT2D eigenvalue weighted by atomic mass is 79.9. The predicted octanol–water partition coefficient (Wildman–Crippen LogP) is 2.49. The second kappa shape index (κ2) is 6.56. The molecule has 0 heterocycles. The summed E-state index contributed by atoms with van der Waals surface area (Å²) in [6.45, 7) is 5.57. The van der Waals surface area contributed by atoms with Gasteiger partial charge in [0.2, 0.25) is 5.91 Å². The molecule has 5 nitrogen and oxygen atoms in total. The molecule has 0 atom stereocenters. The standard InChI is InChI=1S/C13H18BrN3O2/c1-13(2,3)17-12(19)16-11(18)8-15-10-6-4-9(14)5-7-10/h4-7,15H,8H2,1-3H3,(H2,16,17,18,19). The van der Waals surface area contributed by atoms with Crippen LogP contribution in [-0.2, 0) is 4.79 Å². The number of anilines is 1. The molecule has 0 bridgehead atoms. The topological polar surface area (TPSA) is 70.2 Å². The van der Waals surface area contributed by atoms with E-state index in [2.05, 4.69) is 31.9 Å². The van der Waals surface area contributed by atoms with Crippen LogP contribution in [0.2, 0.25) is 0 Å². The van der Waals surface area contributed by atoms with Gasteiger partial charge in [-0.15, -0.1) is 0 Å². The van der Waals surface area contributed by atoms with Crippen LogP contribution >= 0.6 is 15.9 Å². The number of urea groups is 1. The number of rotatable bonds is 3. The molecule has 0 saturated carbocycles. The molecule has 1 rings (SSSR count). The Kier molecular flexibility index (Phi) is 5.35. The van der Waals surface area contributed by atoms with Gasteiger partial charge in [0, 0.05) is 15.7 Å². The molecule has 0 spiro atoms. The maximum Gasteiger partial charge on any atom is 0.321 e. The van der Waals surface area contributed by atoms with Gasteiger partial charge < -0.3 is 10.6 Å². The van der Waals surface area contributed by atoms with Gasteiger partial charge in [0.1, 0.15) is 0 Å². The molecular weight excluding hydrogens is 310 g/mol. The molecule has 0 aromatic heterocycles. The molecule has 3 N–H and O–H groups in total. The van der Waals surface area contributed by atoms with Crippen LogP contribution in [0.3, 0.4) is 0 Å². The molecule has 0 unspecified atom stereocenters. The molecule has 0 fully saturated rings. The Morgan fingerprint density at radius 2 is 1.74 bits per heavy atom. The minimum absolute atomic E-state index is 0.0409. The monoisotopic (exact) mass is 327 g/mol.